The number of nitriles is 1. The zero-order valence-corrected chi connectivity index (χ0v) is 7.69. The number of halogens is 1. The second-order valence-electron chi connectivity index (χ2n) is 2.90. The second kappa shape index (κ2) is 4.01. The highest BCUT2D eigenvalue weighted by molar-refractivity contribution is 5.38. The zero-order chi connectivity index (χ0) is 9.84. The van der Waals surface area contributed by atoms with Gasteiger partial charge in [-0.05, 0) is 31.7 Å². The molecule has 0 aromatic heterocycles. The van der Waals surface area contributed by atoms with Gasteiger partial charge in [-0.25, -0.2) is 4.39 Å². The maximum atomic E-state index is 13.3. The summed E-state index contributed by atoms with van der Waals surface area (Å²) in [6.45, 7) is 2.29. The maximum absolute atomic E-state index is 13.3. The smallest absolute Gasteiger partial charge is 0.129 e. The first-order chi connectivity index (χ1) is 6.19. The molecule has 1 N–H and O–H groups in total. The highest BCUT2D eigenvalue weighted by Gasteiger charge is 2.06. The Kier molecular flexibility index (Phi) is 2.99. The first kappa shape index (κ1) is 9.69. The molecule has 0 amide bonds. The molecule has 0 radical (unpaired) electrons. The van der Waals surface area contributed by atoms with Crippen LogP contribution >= 0.6 is 0 Å². The molecule has 3 heteroatoms. The van der Waals surface area contributed by atoms with Gasteiger partial charge in [0.2, 0.25) is 0 Å². The number of nitrogens with zero attached hydrogens (tertiary/aromatic N) is 1. The van der Waals surface area contributed by atoms with Gasteiger partial charge in [-0.2, -0.15) is 5.26 Å². The second-order valence-corrected chi connectivity index (χ2v) is 2.90. The molecule has 0 aliphatic heterocycles. The summed E-state index contributed by atoms with van der Waals surface area (Å²) in [4.78, 5) is 0. The number of hydrogen-bond donors (Lipinski definition) is 1. The van der Waals surface area contributed by atoms with Crippen molar-refractivity contribution in [3.8, 4) is 6.07 Å². The summed E-state index contributed by atoms with van der Waals surface area (Å²) in [5.74, 6) is -0.314. The van der Waals surface area contributed by atoms with Gasteiger partial charge < -0.3 is 5.32 Å². The number of nitrogens with one attached hydrogen (secondary N) is 1. The topological polar surface area (TPSA) is 35.8 Å². The van der Waals surface area contributed by atoms with Crippen molar-refractivity contribution >= 4 is 0 Å². The fraction of sp³-hybridized carbons (Fsp3) is 0.300. The van der Waals surface area contributed by atoms with Crippen LogP contribution in [0, 0.1) is 24.1 Å². The van der Waals surface area contributed by atoms with E-state index in [2.05, 4.69) is 5.32 Å². The molecular formula is C10H11FN2. The minimum Gasteiger partial charge on any atom is -0.316 e. The monoisotopic (exact) mass is 178 g/mol. The third-order valence-corrected chi connectivity index (χ3v) is 1.90. The Balaban J connectivity index is 3.17. The van der Waals surface area contributed by atoms with Crippen LogP contribution in [0.3, 0.4) is 0 Å². The molecule has 0 spiro atoms. The summed E-state index contributed by atoms with van der Waals surface area (Å²) in [7, 11) is 1.76. The average molecular weight is 178 g/mol. The number of rotatable bonds is 2. The van der Waals surface area contributed by atoms with E-state index < -0.39 is 0 Å². The molecular weight excluding hydrogens is 167 g/mol. The third-order valence-electron chi connectivity index (χ3n) is 1.90. The lowest BCUT2D eigenvalue weighted by Gasteiger charge is -2.06. The molecule has 0 saturated carbocycles. The van der Waals surface area contributed by atoms with Crippen molar-refractivity contribution in [1.82, 2.24) is 5.32 Å². The molecule has 0 bridgehead atoms. The van der Waals surface area contributed by atoms with Crippen LogP contribution < -0.4 is 5.32 Å². The van der Waals surface area contributed by atoms with E-state index >= 15 is 0 Å². The molecule has 1 aromatic rings. The molecule has 0 heterocycles. The Labute approximate surface area is 77.0 Å². The number of hydrogen-bond acceptors (Lipinski definition) is 2. The van der Waals surface area contributed by atoms with Crippen LogP contribution in [0.1, 0.15) is 16.7 Å². The molecule has 0 atom stereocenters. The lowest BCUT2D eigenvalue weighted by atomic mass is 10.0. The Morgan fingerprint density at radius 1 is 1.54 bits per heavy atom. The van der Waals surface area contributed by atoms with E-state index in [1.54, 1.807) is 20.0 Å². The fourth-order valence-corrected chi connectivity index (χ4v) is 1.24. The van der Waals surface area contributed by atoms with Crippen LogP contribution in [0.15, 0.2) is 12.1 Å². The van der Waals surface area contributed by atoms with E-state index in [0.29, 0.717) is 17.7 Å². The van der Waals surface area contributed by atoms with Gasteiger partial charge in [-0.15, -0.1) is 0 Å². The molecule has 2 nitrogen and oxygen atoms in total. The molecule has 0 unspecified atom stereocenters. The Hall–Kier alpha value is -1.40. The van der Waals surface area contributed by atoms with Gasteiger partial charge in [0.1, 0.15) is 5.82 Å². The maximum Gasteiger partial charge on any atom is 0.129 e. The predicted octanol–water partition coefficient (Wildman–Crippen LogP) is 1.73. The van der Waals surface area contributed by atoms with Crippen molar-refractivity contribution < 1.29 is 4.39 Å². The zero-order valence-electron chi connectivity index (χ0n) is 7.69. The van der Waals surface area contributed by atoms with Gasteiger partial charge >= 0.3 is 0 Å². The van der Waals surface area contributed by atoms with Crippen LogP contribution in [-0.2, 0) is 6.54 Å². The van der Waals surface area contributed by atoms with Crippen LogP contribution in [0.2, 0.25) is 0 Å². The highest BCUT2D eigenvalue weighted by Crippen LogP contribution is 2.15. The first-order valence-corrected chi connectivity index (χ1v) is 4.02. The van der Waals surface area contributed by atoms with Gasteiger partial charge in [0, 0.05) is 12.1 Å². The Morgan fingerprint density at radius 2 is 2.23 bits per heavy atom. The van der Waals surface area contributed by atoms with Crippen molar-refractivity contribution in [2.24, 2.45) is 0 Å². The van der Waals surface area contributed by atoms with Gasteiger partial charge in [0.25, 0.3) is 0 Å². The van der Waals surface area contributed by atoms with Crippen LogP contribution in [0.5, 0.6) is 0 Å². The SMILES string of the molecule is CNCc1c(C)cc(C#N)cc1F. The minimum absolute atomic E-state index is 0.314. The standard InChI is InChI=1S/C10H11FN2/c1-7-3-8(5-12)4-10(11)9(7)6-13-2/h3-4,13H,6H2,1-2H3. The molecule has 0 saturated heterocycles. The van der Waals surface area contributed by atoms with Crippen molar-refractivity contribution in [3.63, 3.8) is 0 Å². The van der Waals surface area contributed by atoms with E-state index in [-0.39, 0.29) is 5.82 Å². The van der Waals surface area contributed by atoms with E-state index in [9.17, 15) is 4.39 Å². The average Bonchev–Trinajstić information content (AvgIpc) is 2.11. The molecule has 1 aromatic carbocycles. The van der Waals surface area contributed by atoms with Gasteiger partial charge in [0.05, 0.1) is 11.6 Å². The lowest BCUT2D eigenvalue weighted by molar-refractivity contribution is 0.598. The van der Waals surface area contributed by atoms with Crippen molar-refractivity contribution in [1.29, 1.82) is 5.26 Å². The van der Waals surface area contributed by atoms with Gasteiger partial charge in [-0.1, -0.05) is 0 Å². The molecule has 68 valence electrons. The summed E-state index contributed by atoms with van der Waals surface area (Å²) in [5, 5.41) is 11.5. The quantitative estimate of drug-likeness (QED) is 0.748. The van der Waals surface area contributed by atoms with Crippen LogP contribution in [0.25, 0.3) is 0 Å². The highest BCUT2D eigenvalue weighted by atomic mass is 19.1. The number of benzene rings is 1. The molecule has 0 aliphatic rings. The summed E-state index contributed by atoms with van der Waals surface area (Å²) in [6.07, 6.45) is 0. The van der Waals surface area contributed by atoms with Crippen molar-refractivity contribution in [3.05, 3.63) is 34.6 Å². The van der Waals surface area contributed by atoms with Crippen molar-refractivity contribution in [2.45, 2.75) is 13.5 Å². The van der Waals surface area contributed by atoms with Gasteiger partial charge in [0.15, 0.2) is 0 Å². The lowest BCUT2D eigenvalue weighted by Crippen LogP contribution is -2.09. The van der Waals surface area contributed by atoms with Gasteiger partial charge in [-0.3, -0.25) is 0 Å². The summed E-state index contributed by atoms with van der Waals surface area (Å²) in [6, 6.07) is 4.87. The summed E-state index contributed by atoms with van der Waals surface area (Å²) in [5.41, 5.74) is 1.81. The largest absolute Gasteiger partial charge is 0.316 e. The van der Waals surface area contributed by atoms with E-state index in [0.717, 1.165) is 5.56 Å². The van der Waals surface area contributed by atoms with E-state index in [1.807, 2.05) is 6.07 Å². The fourth-order valence-electron chi connectivity index (χ4n) is 1.24. The van der Waals surface area contributed by atoms with Crippen LogP contribution in [-0.4, -0.2) is 7.05 Å². The number of aryl methyl sites for hydroxylation is 1. The normalized spacial score (nSPS) is 9.69. The Morgan fingerprint density at radius 3 is 2.69 bits per heavy atom. The van der Waals surface area contributed by atoms with E-state index in [1.165, 1.54) is 6.07 Å². The molecule has 0 fully saturated rings. The van der Waals surface area contributed by atoms with Crippen LogP contribution in [0.4, 0.5) is 4.39 Å². The summed E-state index contributed by atoms with van der Waals surface area (Å²) >= 11 is 0. The molecule has 1 rings (SSSR count). The third kappa shape index (κ3) is 2.04. The molecule has 0 aliphatic carbocycles. The predicted molar refractivity (Wildman–Crippen MR) is 48.6 cm³/mol. The molecule has 13 heavy (non-hydrogen) atoms. The first-order valence-electron chi connectivity index (χ1n) is 4.02. The Bertz CT molecular complexity index is 329. The summed E-state index contributed by atoms with van der Waals surface area (Å²) < 4.78 is 13.3. The van der Waals surface area contributed by atoms with Crippen molar-refractivity contribution in [2.75, 3.05) is 7.05 Å². The minimum atomic E-state index is -0.314. The van der Waals surface area contributed by atoms with E-state index in [4.69, 9.17) is 5.26 Å².